The average Bonchev–Trinajstić information content (AvgIpc) is 2.83. The third-order valence-electron chi connectivity index (χ3n) is 3.88. The Kier molecular flexibility index (Phi) is 3.00. The van der Waals surface area contributed by atoms with Crippen LogP contribution in [0.25, 0.3) is 0 Å². The second kappa shape index (κ2) is 4.55. The van der Waals surface area contributed by atoms with Crippen molar-refractivity contribution >= 4 is 17.3 Å². The number of hydrogen-bond acceptors (Lipinski definition) is 2. The number of halogens is 1. The molecule has 0 spiro atoms. The van der Waals surface area contributed by atoms with Gasteiger partial charge >= 0.3 is 0 Å². The molecule has 0 saturated heterocycles. The van der Waals surface area contributed by atoms with Gasteiger partial charge in [0.05, 0.1) is 6.04 Å². The number of hydrogen-bond donors (Lipinski definition) is 2. The van der Waals surface area contributed by atoms with Gasteiger partial charge in [-0.15, -0.1) is 0 Å². The van der Waals surface area contributed by atoms with Crippen LogP contribution in [-0.4, -0.2) is 11.1 Å². The maximum absolute atomic E-state index is 10.8. The maximum Gasteiger partial charge on any atom is 0.107 e. The van der Waals surface area contributed by atoms with Crippen molar-refractivity contribution in [2.45, 2.75) is 25.0 Å². The van der Waals surface area contributed by atoms with Gasteiger partial charge in [-0.05, 0) is 42.7 Å². The molecule has 2 unspecified atom stereocenters. The minimum atomic E-state index is -0.927. The van der Waals surface area contributed by atoms with Crippen LogP contribution < -0.4 is 5.32 Å². The zero-order valence-electron chi connectivity index (χ0n) is 10.7. The fraction of sp³-hybridized carbons (Fsp3) is 0.250. The van der Waals surface area contributed by atoms with Gasteiger partial charge in [0.25, 0.3) is 0 Å². The Morgan fingerprint density at radius 2 is 1.84 bits per heavy atom. The molecule has 2 aromatic rings. The van der Waals surface area contributed by atoms with Gasteiger partial charge in [-0.2, -0.15) is 0 Å². The highest BCUT2D eigenvalue weighted by atomic mass is 35.5. The van der Waals surface area contributed by atoms with E-state index in [1.165, 1.54) is 5.56 Å². The van der Waals surface area contributed by atoms with Crippen molar-refractivity contribution in [2.75, 3.05) is 5.32 Å². The first-order chi connectivity index (χ1) is 9.07. The molecule has 2 atom stereocenters. The molecule has 2 N–H and O–H groups in total. The Labute approximate surface area is 118 Å². The van der Waals surface area contributed by atoms with Crippen LogP contribution in [0, 0.1) is 0 Å². The molecular formula is C16H16ClNO. The number of para-hydroxylation sites is 1. The predicted octanol–water partition coefficient (Wildman–Crippen LogP) is 3.58. The first-order valence-corrected chi connectivity index (χ1v) is 6.78. The summed E-state index contributed by atoms with van der Waals surface area (Å²) in [4.78, 5) is 0. The van der Waals surface area contributed by atoms with Crippen molar-refractivity contribution in [1.82, 2.24) is 0 Å². The van der Waals surface area contributed by atoms with E-state index >= 15 is 0 Å². The summed E-state index contributed by atoms with van der Waals surface area (Å²) in [7, 11) is 0. The van der Waals surface area contributed by atoms with E-state index in [1.54, 1.807) is 0 Å². The fourth-order valence-corrected chi connectivity index (χ4v) is 2.75. The molecule has 1 aliphatic rings. The Balaban J connectivity index is 1.89. The van der Waals surface area contributed by atoms with Crippen molar-refractivity contribution < 1.29 is 5.11 Å². The van der Waals surface area contributed by atoms with Gasteiger partial charge in [0.1, 0.15) is 5.60 Å². The van der Waals surface area contributed by atoms with Gasteiger partial charge in [-0.25, -0.2) is 0 Å². The number of anilines is 1. The lowest BCUT2D eigenvalue weighted by Gasteiger charge is -2.31. The van der Waals surface area contributed by atoms with E-state index in [-0.39, 0.29) is 6.04 Å². The molecule has 0 aliphatic carbocycles. The summed E-state index contributed by atoms with van der Waals surface area (Å²) in [5.74, 6) is 0. The smallest absolute Gasteiger partial charge is 0.107 e. The van der Waals surface area contributed by atoms with Gasteiger partial charge in [0.15, 0.2) is 0 Å². The van der Waals surface area contributed by atoms with Crippen LogP contribution in [0.3, 0.4) is 0 Å². The SMILES string of the molecule is CC(O)(c1ccc(Cl)cc1)C1Cc2ccccc2N1. The van der Waals surface area contributed by atoms with Gasteiger partial charge < -0.3 is 10.4 Å². The van der Waals surface area contributed by atoms with E-state index in [2.05, 4.69) is 11.4 Å². The number of fused-ring (bicyclic) bond motifs is 1. The third-order valence-corrected chi connectivity index (χ3v) is 4.13. The highest BCUT2D eigenvalue weighted by Crippen LogP contribution is 2.35. The molecule has 0 fully saturated rings. The van der Waals surface area contributed by atoms with E-state index in [9.17, 15) is 5.11 Å². The van der Waals surface area contributed by atoms with Crippen molar-refractivity contribution in [3.63, 3.8) is 0 Å². The molecule has 0 radical (unpaired) electrons. The largest absolute Gasteiger partial charge is 0.383 e. The lowest BCUT2D eigenvalue weighted by molar-refractivity contribution is 0.0381. The van der Waals surface area contributed by atoms with Gasteiger partial charge in [-0.1, -0.05) is 41.9 Å². The van der Waals surface area contributed by atoms with Crippen molar-refractivity contribution in [3.8, 4) is 0 Å². The van der Waals surface area contributed by atoms with E-state index in [0.29, 0.717) is 5.02 Å². The quantitative estimate of drug-likeness (QED) is 0.876. The van der Waals surface area contributed by atoms with Crippen LogP contribution in [0.1, 0.15) is 18.1 Å². The second-order valence-corrected chi connectivity index (χ2v) is 5.65. The van der Waals surface area contributed by atoms with Gasteiger partial charge in [0, 0.05) is 10.7 Å². The normalized spacial score (nSPS) is 20.5. The van der Waals surface area contributed by atoms with Gasteiger partial charge in [0.2, 0.25) is 0 Å². The first kappa shape index (κ1) is 12.5. The lowest BCUT2D eigenvalue weighted by atomic mass is 9.86. The molecular weight excluding hydrogens is 258 g/mol. The molecule has 0 saturated carbocycles. The van der Waals surface area contributed by atoms with Crippen LogP contribution in [0.4, 0.5) is 5.69 Å². The Hall–Kier alpha value is -1.51. The van der Waals surface area contributed by atoms with E-state index < -0.39 is 5.60 Å². The standard InChI is InChI=1S/C16H16ClNO/c1-16(19,12-6-8-13(17)9-7-12)15-10-11-4-2-3-5-14(11)18-15/h2-9,15,18-19H,10H2,1H3. The Morgan fingerprint density at radius 3 is 2.53 bits per heavy atom. The number of benzene rings is 2. The highest BCUT2D eigenvalue weighted by molar-refractivity contribution is 6.30. The Bertz CT molecular complexity index is 567. The van der Waals surface area contributed by atoms with Crippen LogP contribution in [0.5, 0.6) is 0 Å². The van der Waals surface area contributed by atoms with Crippen molar-refractivity contribution in [2.24, 2.45) is 0 Å². The zero-order valence-corrected chi connectivity index (χ0v) is 11.5. The van der Waals surface area contributed by atoms with Crippen LogP contribution in [0.15, 0.2) is 48.5 Å². The molecule has 0 aromatic heterocycles. The highest BCUT2D eigenvalue weighted by Gasteiger charge is 2.37. The van der Waals surface area contributed by atoms with Crippen molar-refractivity contribution in [1.29, 1.82) is 0 Å². The second-order valence-electron chi connectivity index (χ2n) is 5.21. The summed E-state index contributed by atoms with van der Waals surface area (Å²) in [5, 5.41) is 14.9. The molecule has 3 rings (SSSR count). The van der Waals surface area contributed by atoms with E-state index in [0.717, 1.165) is 17.7 Å². The molecule has 0 amide bonds. The summed E-state index contributed by atoms with van der Waals surface area (Å²) in [6, 6.07) is 15.5. The monoisotopic (exact) mass is 273 g/mol. The van der Waals surface area contributed by atoms with Crippen LogP contribution in [0.2, 0.25) is 5.02 Å². The summed E-state index contributed by atoms with van der Waals surface area (Å²) in [5.41, 5.74) is 2.31. The Morgan fingerprint density at radius 1 is 1.16 bits per heavy atom. The predicted molar refractivity (Wildman–Crippen MR) is 78.6 cm³/mol. The minimum absolute atomic E-state index is 0.0222. The van der Waals surface area contributed by atoms with E-state index in [4.69, 9.17) is 11.6 Å². The molecule has 1 heterocycles. The third kappa shape index (κ3) is 2.22. The summed E-state index contributed by atoms with van der Waals surface area (Å²) in [6.07, 6.45) is 0.825. The van der Waals surface area contributed by atoms with Crippen LogP contribution in [-0.2, 0) is 12.0 Å². The molecule has 2 aromatic carbocycles. The van der Waals surface area contributed by atoms with Gasteiger partial charge in [-0.3, -0.25) is 0 Å². The summed E-state index contributed by atoms with van der Waals surface area (Å²) < 4.78 is 0. The molecule has 1 aliphatic heterocycles. The summed E-state index contributed by atoms with van der Waals surface area (Å²) in [6.45, 7) is 1.85. The molecule has 0 bridgehead atoms. The van der Waals surface area contributed by atoms with Crippen LogP contribution >= 0.6 is 11.6 Å². The topological polar surface area (TPSA) is 32.3 Å². The number of nitrogens with one attached hydrogen (secondary N) is 1. The lowest BCUT2D eigenvalue weighted by Crippen LogP contribution is -2.40. The summed E-state index contributed by atoms with van der Waals surface area (Å²) >= 11 is 5.90. The van der Waals surface area contributed by atoms with Crippen molar-refractivity contribution in [3.05, 3.63) is 64.7 Å². The molecule has 3 heteroatoms. The molecule has 98 valence electrons. The number of rotatable bonds is 2. The average molecular weight is 274 g/mol. The zero-order chi connectivity index (χ0) is 13.5. The first-order valence-electron chi connectivity index (χ1n) is 6.40. The number of aliphatic hydroxyl groups is 1. The molecule has 2 nitrogen and oxygen atoms in total. The minimum Gasteiger partial charge on any atom is -0.383 e. The van der Waals surface area contributed by atoms with E-state index in [1.807, 2.05) is 49.4 Å². The molecule has 19 heavy (non-hydrogen) atoms. The maximum atomic E-state index is 10.8. The fourth-order valence-electron chi connectivity index (χ4n) is 2.63.